The van der Waals surface area contributed by atoms with Crippen molar-refractivity contribution in [1.82, 2.24) is 15.2 Å². The molecular weight excluding hydrogens is 162 g/mol. The molecular formula is C10H15N3. The molecule has 0 atom stereocenters. The third-order valence-corrected chi connectivity index (χ3v) is 2.54. The highest BCUT2D eigenvalue weighted by atomic mass is 15.2. The number of nitrogens with zero attached hydrogens (tertiary/aromatic N) is 2. The summed E-state index contributed by atoms with van der Waals surface area (Å²) in [5, 5.41) is 3.27. The molecule has 1 aromatic heterocycles. The third kappa shape index (κ3) is 2.05. The molecule has 3 heteroatoms. The van der Waals surface area contributed by atoms with E-state index in [4.69, 9.17) is 0 Å². The molecule has 1 aromatic rings. The standard InChI is InChI=1S/C10H15N3/c1-13(10-6-12-7-10)8-9-3-2-4-11-5-9/h2-5,10,12H,6-8H2,1H3. The van der Waals surface area contributed by atoms with Gasteiger partial charge in [-0.15, -0.1) is 0 Å². The van der Waals surface area contributed by atoms with E-state index in [0.29, 0.717) is 6.04 Å². The van der Waals surface area contributed by atoms with Gasteiger partial charge in [0.2, 0.25) is 0 Å². The van der Waals surface area contributed by atoms with Crippen molar-refractivity contribution in [1.29, 1.82) is 0 Å². The lowest BCUT2D eigenvalue weighted by Crippen LogP contribution is -2.55. The largest absolute Gasteiger partial charge is 0.314 e. The van der Waals surface area contributed by atoms with E-state index in [-0.39, 0.29) is 0 Å². The van der Waals surface area contributed by atoms with Crippen LogP contribution in [0.4, 0.5) is 0 Å². The van der Waals surface area contributed by atoms with Crippen LogP contribution in [0, 0.1) is 0 Å². The summed E-state index contributed by atoms with van der Waals surface area (Å²) in [6.45, 7) is 3.24. The Hall–Kier alpha value is -0.930. The summed E-state index contributed by atoms with van der Waals surface area (Å²) in [4.78, 5) is 6.47. The second-order valence-corrected chi connectivity index (χ2v) is 3.59. The van der Waals surface area contributed by atoms with Crippen LogP contribution in [0.2, 0.25) is 0 Å². The lowest BCUT2D eigenvalue weighted by molar-refractivity contribution is 0.173. The number of hydrogen-bond acceptors (Lipinski definition) is 3. The van der Waals surface area contributed by atoms with E-state index in [9.17, 15) is 0 Å². The third-order valence-electron chi connectivity index (χ3n) is 2.54. The molecule has 0 spiro atoms. The van der Waals surface area contributed by atoms with E-state index >= 15 is 0 Å². The second-order valence-electron chi connectivity index (χ2n) is 3.59. The van der Waals surface area contributed by atoms with Gasteiger partial charge in [0.25, 0.3) is 0 Å². The fraction of sp³-hybridized carbons (Fsp3) is 0.500. The van der Waals surface area contributed by atoms with Crippen LogP contribution in [0.3, 0.4) is 0 Å². The highest BCUT2D eigenvalue weighted by Crippen LogP contribution is 2.07. The van der Waals surface area contributed by atoms with Crippen LogP contribution in [0.1, 0.15) is 5.56 Å². The van der Waals surface area contributed by atoms with Gasteiger partial charge in [-0.3, -0.25) is 9.88 Å². The Morgan fingerprint density at radius 3 is 3.00 bits per heavy atom. The molecule has 1 fully saturated rings. The van der Waals surface area contributed by atoms with Crippen LogP contribution in [-0.4, -0.2) is 36.1 Å². The average Bonchev–Trinajstić information content (AvgIpc) is 2.02. The smallest absolute Gasteiger partial charge is 0.0345 e. The van der Waals surface area contributed by atoms with Crippen molar-refractivity contribution < 1.29 is 0 Å². The molecule has 1 aliphatic rings. The zero-order valence-electron chi connectivity index (χ0n) is 7.90. The topological polar surface area (TPSA) is 28.2 Å². The van der Waals surface area contributed by atoms with Gasteiger partial charge in [0.1, 0.15) is 0 Å². The van der Waals surface area contributed by atoms with E-state index in [1.807, 2.05) is 18.5 Å². The summed E-state index contributed by atoms with van der Waals surface area (Å²) >= 11 is 0. The Morgan fingerprint density at radius 2 is 2.46 bits per heavy atom. The summed E-state index contributed by atoms with van der Waals surface area (Å²) < 4.78 is 0. The maximum Gasteiger partial charge on any atom is 0.0345 e. The average molecular weight is 177 g/mol. The van der Waals surface area contributed by atoms with Gasteiger partial charge in [0.05, 0.1) is 0 Å². The van der Waals surface area contributed by atoms with Crippen molar-refractivity contribution >= 4 is 0 Å². The molecule has 0 aromatic carbocycles. The van der Waals surface area contributed by atoms with E-state index in [1.165, 1.54) is 5.56 Å². The minimum Gasteiger partial charge on any atom is -0.314 e. The van der Waals surface area contributed by atoms with Crippen molar-refractivity contribution in [3.63, 3.8) is 0 Å². The first kappa shape index (κ1) is 8.66. The lowest BCUT2D eigenvalue weighted by Gasteiger charge is -2.35. The Labute approximate surface area is 78.8 Å². The maximum atomic E-state index is 4.10. The number of likely N-dealkylation sites (N-methyl/N-ethyl adjacent to an activating group) is 1. The molecule has 0 unspecified atom stereocenters. The van der Waals surface area contributed by atoms with Crippen molar-refractivity contribution in [3.05, 3.63) is 30.1 Å². The summed E-state index contributed by atoms with van der Waals surface area (Å²) in [5.41, 5.74) is 1.29. The van der Waals surface area contributed by atoms with Crippen LogP contribution < -0.4 is 5.32 Å². The van der Waals surface area contributed by atoms with Gasteiger partial charge in [0, 0.05) is 38.1 Å². The van der Waals surface area contributed by atoms with Gasteiger partial charge in [-0.1, -0.05) is 6.07 Å². The lowest BCUT2D eigenvalue weighted by atomic mass is 10.1. The normalized spacial score (nSPS) is 17.4. The molecule has 0 saturated carbocycles. The number of nitrogens with one attached hydrogen (secondary N) is 1. The van der Waals surface area contributed by atoms with Gasteiger partial charge in [-0.05, 0) is 18.7 Å². The molecule has 0 amide bonds. The first-order valence-corrected chi connectivity index (χ1v) is 4.66. The van der Waals surface area contributed by atoms with Crippen LogP contribution >= 0.6 is 0 Å². The second kappa shape index (κ2) is 3.85. The van der Waals surface area contributed by atoms with Crippen LogP contribution in [0.15, 0.2) is 24.5 Å². The summed E-state index contributed by atoms with van der Waals surface area (Å²) in [7, 11) is 2.17. The zero-order chi connectivity index (χ0) is 9.10. The molecule has 2 rings (SSSR count). The Balaban J connectivity index is 1.90. The van der Waals surface area contributed by atoms with E-state index in [0.717, 1.165) is 19.6 Å². The van der Waals surface area contributed by atoms with Crippen molar-refractivity contribution in [3.8, 4) is 0 Å². The van der Waals surface area contributed by atoms with Gasteiger partial charge >= 0.3 is 0 Å². The molecule has 13 heavy (non-hydrogen) atoms. The fourth-order valence-corrected chi connectivity index (χ4v) is 1.49. The van der Waals surface area contributed by atoms with Crippen molar-refractivity contribution in [2.45, 2.75) is 12.6 Å². The molecule has 1 N–H and O–H groups in total. The Morgan fingerprint density at radius 1 is 1.62 bits per heavy atom. The number of hydrogen-bond donors (Lipinski definition) is 1. The zero-order valence-corrected chi connectivity index (χ0v) is 7.90. The minimum atomic E-state index is 0.709. The number of pyridine rings is 1. The Kier molecular flexibility index (Phi) is 2.57. The summed E-state index contributed by atoms with van der Waals surface area (Å²) in [6, 6.07) is 4.82. The van der Waals surface area contributed by atoms with Crippen LogP contribution in [0.25, 0.3) is 0 Å². The van der Waals surface area contributed by atoms with E-state index in [1.54, 1.807) is 0 Å². The van der Waals surface area contributed by atoms with Crippen LogP contribution in [-0.2, 0) is 6.54 Å². The first-order valence-electron chi connectivity index (χ1n) is 4.66. The molecule has 2 heterocycles. The van der Waals surface area contributed by atoms with Crippen LogP contribution in [0.5, 0.6) is 0 Å². The van der Waals surface area contributed by atoms with E-state index in [2.05, 4.69) is 28.3 Å². The quantitative estimate of drug-likeness (QED) is 0.728. The molecule has 3 nitrogen and oxygen atoms in total. The monoisotopic (exact) mass is 177 g/mol. The highest BCUT2D eigenvalue weighted by molar-refractivity contribution is 5.08. The SMILES string of the molecule is CN(Cc1cccnc1)C1CNC1. The molecule has 0 bridgehead atoms. The van der Waals surface area contributed by atoms with E-state index < -0.39 is 0 Å². The first-order chi connectivity index (χ1) is 6.36. The van der Waals surface area contributed by atoms with Crippen molar-refractivity contribution in [2.24, 2.45) is 0 Å². The molecule has 1 aliphatic heterocycles. The molecule has 0 radical (unpaired) electrons. The predicted octanol–water partition coefficient (Wildman–Crippen LogP) is 0.485. The van der Waals surface area contributed by atoms with Gasteiger partial charge in [-0.25, -0.2) is 0 Å². The predicted molar refractivity (Wildman–Crippen MR) is 52.4 cm³/mol. The maximum absolute atomic E-state index is 4.10. The summed E-state index contributed by atoms with van der Waals surface area (Å²) in [5.74, 6) is 0. The minimum absolute atomic E-state index is 0.709. The Bertz CT molecular complexity index is 256. The highest BCUT2D eigenvalue weighted by Gasteiger charge is 2.20. The fourth-order valence-electron chi connectivity index (χ4n) is 1.49. The van der Waals surface area contributed by atoms with Gasteiger partial charge in [-0.2, -0.15) is 0 Å². The number of rotatable bonds is 3. The van der Waals surface area contributed by atoms with Crippen molar-refractivity contribution in [2.75, 3.05) is 20.1 Å². The summed E-state index contributed by atoms with van der Waals surface area (Å²) in [6.07, 6.45) is 3.75. The molecule has 0 aliphatic carbocycles. The van der Waals surface area contributed by atoms with Gasteiger partial charge < -0.3 is 5.32 Å². The molecule has 70 valence electrons. The van der Waals surface area contributed by atoms with Gasteiger partial charge in [0.15, 0.2) is 0 Å². The molecule has 1 saturated heterocycles. The number of aromatic nitrogens is 1.